The second kappa shape index (κ2) is 5.35. The van der Waals surface area contributed by atoms with Crippen LogP contribution in [0.1, 0.15) is 23.1 Å². The molecule has 0 aliphatic carbocycles. The predicted octanol–water partition coefficient (Wildman–Crippen LogP) is 4.00. The molecule has 0 saturated carbocycles. The van der Waals surface area contributed by atoms with E-state index in [-0.39, 0.29) is 0 Å². The SMILES string of the molecule is COc1ccc2c(c1)N1C[C@@H](Cc3ccc(C)cc3)C[C@@H]1C2. The quantitative estimate of drug-likeness (QED) is 0.848. The number of nitrogens with zero attached hydrogens (tertiary/aromatic N) is 1. The van der Waals surface area contributed by atoms with Crippen LogP contribution in [0.15, 0.2) is 42.5 Å². The van der Waals surface area contributed by atoms with E-state index in [1.54, 1.807) is 7.11 Å². The van der Waals surface area contributed by atoms with Crippen LogP contribution in [0.3, 0.4) is 0 Å². The van der Waals surface area contributed by atoms with E-state index in [0.717, 1.165) is 11.7 Å². The fourth-order valence-corrected chi connectivity index (χ4v) is 4.07. The minimum absolute atomic E-state index is 0.692. The molecule has 0 aromatic heterocycles. The molecular formula is C20H23NO. The first-order valence-corrected chi connectivity index (χ1v) is 8.22. The van der Waals surface area contributed by atoms with Crippen LogP contribution in [-0.2, 0) is 12.8 Å². The zero-order valence-corrected chi connectivity index (χ0v) is 13.4. The molecule has 2 aliphatic rings. The second-order valence-corrected chi connectivity index (χ2v) is 6.80. The van der Waals surface area contributed by atoms with E-state index in [0.29, 0.717) is 6.04 Å². The predicted molar refractivity (Wildman–Crippen MR) is 90.8 cm³/mol. The molecule has 2 atom stereocenters. The van der Waals surface area contributed by atoms with Crippen molar-refractivity contribution in [3.8, 4) is 5.75 Å². The number of rotatable bonds is 3. The number of aryl methyl sites for hydroxylation is 1. The third-order valence-corrected chi connectivity index (χ3v) is 5.20. The molecule has 2 heterocycles. The van der Waals surface area contributed by atoms with Crippen molar-refractivity contribution in [2.24, 2.45) is 5.92 Å². The van der Waals surface area contributed by atoms with Gasteiger partial charge in [0, 0.05) is 24.3 Å². The van der Waals surface area contributed by atoms with Gasteiger partial charge in [0.2, 0.25) is 0 Å². The zero-order valence-electron chi connectivity index (χ0n) is 13.4. The number of methoxy groups -OCH3 is 1. The average Bonchev–Trinajstić information content (AvgIpc) is 3.06. The molecule has 0 radical (unpaired) electrons. The summed E-state index contributed by atoms with van der Waals surface area (Å²) in [4.78, 5) is 2.61. The van der Waals surface area contributed by atoms with Gasteiger partial charge in [0.15, 0.2) is 0 Å². The highest BCUT2D eigenvalue weighted by molar-refractivity contribution is 5.63. The van der Waals surface area contributed by atoms with Crippen molar-refractivity contribution >= 4 is 5.69 Å². The highest BCUT2D eigenvalue weighted by atomic mass is 16.5. The summed E-state index contributed by atoms with van der Waals surface area (Å²) in [7, 11) is 1.75. The summed E-state index contributed by atoms with van der Waals surface area (Å²) >= 11 is 0. The van der Waals surface area contributed by atoms with Gasteiger partial charge in [0.05, 0.1) is 7.11 Å². The van der Waals surface area contributed by atoms with E-state index >= 15 is 0 Å². The maximum Gasteiger partial charge on any atom is 0.120 e. The lowest BCUT2D eigenvalue weighted by Gasteiger charge is -2.19. The largest absolute Gasteiger partial charge is 0.497 e. The van der Waals surface area contributed by atoms with Crippen molar-refractivity contribution in [1.29, 1.82) is 0 Å². The Kier molecular flexibility index (Phi) is 3.33. The van der Waals surface area contributed by atoms with E-state index in [4.69, 9.17) is 4.74 Å². The maximum absolute atomic E-state index is 5.39. The molecule has 114 valence electrons. The second-order valence-electron chi connectivity index (χ2n) is 6.80. The van der Waals surface area contributed by atoms with Gasteiger partial charge in [-0.15, -0.1) is 0 Å². The highest BCUT2D eigenvalue weighted by Crippen LogP contribution is 2.42. The first-order chi connectivity index (χ1) is 10.7. The van der Waals surface area contributed by atoms with Crippen molar-refractivity contribution in [2.75, 3.05) is 18.6 Å². The molecule has 1 fully saturated rings. The van der Waals surface area contributed by atoms with Gasteiger partial charge >= 0.3 is 0 Å². The Balaban J connectivity index is 1.50. The van der Waals surface area contributed by atoms with Gasteiger partial charge in [-0.25, -0.2) is 0 Å². The minimum atomic E-state index is 0.692. The summed E-state index contributed by atoms with van der Waals surface area (Å²) < 4.78 is 5.39. The van der Waals surface area contributed by atoms with Crippen LogP contribution in [0.2, 0.25) is 0 Å². The van der Waals surface area contributed by atoms with Gasteiger partial charge in [-0.1, -0.05) is 35.9 Å². The molecular weight excluding hydrogens is 270 g/mol. The normalized spacial score (nSPS) is 22.5. The van der Waals surface area contributed by atoms with Crippen molar-refractivity contribution < 1.29 is 4.74 Å². The van der Waals surface area contributed by atoms with Crippen LogP contribution >= 0.6 is 0 Å². The fourth-order valence-electron chi connectivity index (χ4n) is 4.07. The molecule has 2 nitrogen and oxygen atoms in total. The minimum Gasteiger partial charge on any atom is -0.497 e. The van der Waals surface area contributed by atoms with Gasteiger partial charge in [-0.2, -0.15) is 0 Å². The number of hydrogen-bond acceptors (Lipinski definition) is 2. The van der Waals surface area contributed by atoms with Crippen LogP contribution in [0.5, 0.6) is 5.75 Å². The number of ether oxygens (including phenoxy) is 1. The maximum atomic E-state index is 5.39. The molecule has 2 aromatic carbocycles. The fraction of sp³-hybridized carbons (Fsp3) is 0.400. The third-order valence-electron chi connectivity index (χ3n) is 5.20. The Morgan fingerprint density at radius 3 is 2.73 bits per heavy atom. The summed E-state index contributed by atoms with van der Waals surface area (Å²) in [6.45, 7) is 3.33. The summed E-state index contributed by atoms with van der Waals surface area (Å²) in [6.07, 6.45) is 3.71. The summed E-state index contributed by atoms with van der Waals surface area (Å²) in [5, 5.41) is 0. The first kappa shape index (κ1) is 13.7. The van der Waals surface area contributed by atoms with Crippen LogP contribution in [-0.4, -0.2) is 19.7 Å². The van der Waals surface area contributed by atoms with Gasteiger partial charge in [0.25, 0.3) is 0 Å². The number of fused-ring (bicyclic) bond motifs is 3. The van der Waals surface area contributed by atoms with Gasteiger partial charge in [-0.3, -0.25) is 0 Å². The molecule has 1 saturated heterocycles. The van der Waals surface area contributed by atoms with Crippen molar-refractivity contribution in [1.82, 2.24) is 0 Å². The zero-order chi connectivity index (χ0) is 15.1. The Labute approximate surface area is 132 Å². The molecule has 0 unspecified atom stereocenters. The smallest absolute Gasteiger partial charge is 0.120 e. The Morgan fingerprint density at radius 2 is 1.95 bits per heavy atom. The van der Waals surface area contributed by atoms with Crippen LogP contribution < -0.4 is 9.64 Å². The summed E-state index contributed by atoms with van der Waals surface area (Å²) in [5.41, 5.74) is 5.70. The number of benzene rings is 2. The Bertz CT molecular complexity index is 677. The van der Waals surface area contributed by atoms with E-state index < -0.39 is 0 Å². The standard InChI is InChI=1S/C20H23NO/c1-14-3-5-15(6-4-14)9-16-10-18-11-17-7-8-19(22-2)12-20(17)21(18)13-16/h3-8,12,16,18H,9-11,13H2,1-2H3/t16-,18+/m0/s1. The lowest BCUT2D eigenvalue weighted by Crippen LogP contribution is -2.24. The van der Waals surface area contributed by atoms with Crippen molar-refractivity contribution in [2.45, 2.75) is 32.2 Å². The lowest BCUT2D eigenvalue weighted by atomic mass is 9.94. The van der Waals surface area contributed by atoms with Crippen LogP contribution in [0.25, 0.3) is 0 Å². The van der Waals surface area contributed by atoms with Crippen molar-refractivity contribution in [3.05, 3.63) is 59.2 Å². The topological polar surface area (TPSA) is 12.5 Å². The number of hydrogen-bond donors (Lipinski definition) is 0. The monoisotopic (exact) mass is 293 g/mol. The molecule has 0 N–H and O–H groups in total. The third kappa shape index (κ3) is 2.37. The molecule has 2 aromatic rings. The molecule has 0 bridgehead atoms. The highest BCUT2D eigenvalue weighted by Gasteiger charge is 2.38. The van der Waals surface area contributed by atoms with E-state index in [1.807, 2.05) is 0 Å². The first-order valence-electron chi connectivity index (χ1n) is 8.22. The van der Waals surface area contributed by atoms with Gasteiger partial charge in [0.1, 0.15) is 5.75 Å². The molecule has 0 spiro atoms. The summed E-state index contributed by atoms with van der Waals surface area (Å²) in [6, 6.07) is 16.3. The van der Waals surface area contributed by atoms with Crippen LogP contribution in [0.4, 0.5) is 5.69 Å². The molecule has 22 heavy (non-hydrogen) atoms. The Morgan fingerprint density at radius 1 is 1.14 bits per heavy atom. The van der Waals surface area contributed by atoms with E-state index in [2.05, 4.69) is 54.3 Å². The molecule has 0 amide bonds. The average molecular weight is 293 g/mol. The van der Waals surface area contributed by atoms with E-state index in [1.165, 1.54) is 48.2 Å². The molecule has 4 rings (SSSR count). The van der Waals surface area contributed by atoms with Crippen molar-refractivity contribution in [3.63, 3.8) is 0 Å². The van der Waals surface area contributed by atoms with Crippen LogP contribution in [0, 0.1) is 12.8 Å². The molecule has 2 aliphatic heterocycles. The van der Waals surface area contributed by atoms with E-state index in [9.17, 15) is 0 Å². The van der Waals surface area contributed by atoms with Gasteiger partial charge in [-0.05, 0) is 49.3 Å². The Hall–Kier alpha value is -1.96. The lowest BCUT2D eigenvalue weighted by molar-refractivity contribution is 0.415. The summed E-state index contributed by atoms with van der Waals surface area (Å²) in [5.74, 6) is 1.74. The van der Waals surface area contributed by atoms with Gasteiger partial charge < -0.3 is 9.64 Å². The molecule has 2 heteroatoms. The number of anilines is 1.